The third-order valence-corrected chi connectivity index (χ3v) is 8.93. The molecule has 18 heavy (non-hydrogen) atoms. The summed E-state index contributed by atoms with van der Waals surface area (Å²) < 4.78 is 28.6. The van der Waals surface area contributed by atoms with Crippen LogP contribution in [0.4, 0.5) is 0 Å². The van der Waals surface area contributed by atoms with Gasteiger partial charge in [-0.3, -0.25) is 4.55 Å². The summed E-state index contributed by atoms with van der Waals surface area (Å²) in [5, 5.41) is 0. The molecule has 2 atom stereocenters. The number of hydrogen-bond acceptors (Lipinski definition) is 8. The zero-order chi connectivity index (χ0) is 14.4. The minimum atomic E-state index is -5.64. The van der Waals surface area contributed by atoms with Gasteiger partial charge in [-0.05, 0) is 0 Å². The molecule has 0 heterocycles. The third-order valence-electron chi connectivity index (χ3n) is 2.59. The summed E-state index contributed by atoms with van der Waals surface area (Å²) in [5.41, 5.74) is -2.16. The summed E-state index contributed by atoms with van der Waals surface area (Å²) in [6, 6.07) is 0. The molecule has 9 nitrogen and oxygen atoms in total. The van der Waals surface area contributed by atoms with Crippen molar-refractivity contribution in [2.24, 2.45) is 0 Å². The Morgan fingerprint density at radius 1 is 1.00 bits per heavy atom. The van der Waals surface area contributed by atoms with Crippen LogP contribution in [0.1, 0.15) is 0 Å². The second-order valence-corrected chi connectivity index (χ2v) is 9.90. The summed E-state index contributed by atoms with van der Waals surface area (Å²) >= 11 is 0. The van der Waals surface area contributed by atoms with E-state index in [4.69, 9.17) is 4.55 Å². The van der Waals surface area contributed by atoms with Crippen LogP contribution < -0.4 is 0 Å². The Hall–Kier alpha value is -0.416. The Morgan fingerprint density at radius 2 is 1.50 bits per heavy atom. The molecule has 0 radical (unpaired) electrons. The Bertz CT molecular complexity index is 484. The van der Waals surface area contributed by atoms with Crippen molar-refractivity contribution in [1.29, 1.82) is 0 Å². The van der Waals surface area contributed by atoms with Gasteiger partial charge < -0.3 is 28.8 Å². The van der Waals surface area contributed by atoms with Crippen LogP contribution >= 0.6 is 0 Å². The van der Waals surface area contributed by atoms with Crippen molar-refractivity contribution in [3.63, 3.8) is 0 Å². The Kier molecular flexibility index (Phi) is 3.74. The first kappa shape index (κ1) is 15.6. The Morgan fingerprint density at radius 3 is 1.78 bits per heavy atom. The van der Waals surface area contributed by atoms with Crippen LogP contribution in [0.5, 0.6) is 0 Å². The van der Waals surface area contributed by atoms with Gasteiger partial charge in [0.15, 0.2) is 4.37 Å². The molecule has 1 aliphatic rings. The molecule has 1 rings (SSSR count). The predicted molar refractivity (Wildman–Crippen MR) is 61.1 cm³/mol. The van der Waals surface area contributed by atoms with Crippen molar-refractivity contribution in [3.05, 3.63) is 24.3 Å². The quantitative estimate of drug-likeness (QED) is 0.205. The van der Waals surface area contributed by atoms with E-state index in [0.29, 0.717) is 6.08 Å². The molecule has 0 aromatic carbocycles. The smallest absolute Gasteiger partial charge is 0.390 e. The predicted octanol–water partition coefficient (Wildman–Crippen LogP) is -3.52. The lowest BCUT2D eigenvalue weighted by molar-refractivity contribution is 0.179. The fourth-order valence-corrected chi connectivity index (χ4v) is 7.77. The van der Waals surface area contributed by atoms with E-state index in [1.165, 1.54) is 0 Å². The first-order valence-corrected chi connectivity index (χ1v) is 9.71. The van der Waals surface area contributed by atoms with Crippen LogP contribution in [-0.2, 0) is 10.1 Å². The van der Waals surface area contributed by atoms with Crippen molar-refractivity contribution < 1.29 is 41.7 Å². The fourth-order valence-electron chi connectivity index (χ4n) is 1.78. The lowest BCUT2D eigenvalue weighted by Gasteiger charge is -2.39. The SMILES string of the molecule is O=S(=O)(O)C1([Si](O)(O)O)C=CC=CC1[Si](O)(O)O. The maximum atomic E-state index is 11.3. The molecule has 2 unspecified atom stereocenters. The molecule has 12 heteroatoms. The molecular weight excluding hydrogens is 304 g/mol. The highest BCUT2D eigenvalue weighted by Crippen LogP contribution is 2.43. The maximum Gasteiger partial charge on any atom is 0.522 e. The van der Waals surface area contributed by atoms with Gasteiger partial charge in [0.2, 0.25) is 0 Å². The molecule has 0 aromatic rings. The van der Waals surface area contributed by atoms with E-state index in [0.717, 1.165) is 18.2 Å². The van der Waals surface area contributed by atoms with Gasteiger partial charge in [0.25, 0.3) is 10.1 Å². The molecule has 0 bridgehead atoms. The van der Waals surface area contributed by atoms with Crippen molar-refractivity contribution in [2.75, 3.05) is 0 Å². The molecule has 0 aliphatic heterocycles. The van der Waals surface area contributed by atoms with Gasteiger partial charge in [-0.15, -0.1) is 0 Å². The second kappa shape index (κ2) is 4.31. The van der Waals surface area contributed by atoms with E-state index >= 15 is 0 Å². The topological polar surface area (TPSA) is 176 Å². The van der Waals surface area contributed by atoms with E-state index in [1.54, 1.807) is 0 Å². The number of rotatable bonds is 3. The van der Waals surface area contributed by atoms with Crippen molar-refractivity contribution in [2.45, 2.75) is 9.91 Å². The fraction of sp³-hybridized carbons (Fsp3) is 0.333. The van der Waals surface area contributed by atoms with Gasteiger partial charge in [0.05, 0.1) is 5.54 Å². The average molecular weight is 316 g/mol. The molecule has 7 N–H and O–H groups in total. The average Bonchev–Trinajstić information content (AvgIpc) is 2.12. The van der Waals surface area contributed by atoms with E-state index < -0.39 is 37.6 Å². The highest BCUT2D eigenvalue weighted by atomic mass is 32.2. The molecule has 104 valence electrons. The zero-order valence-electron chi connectivity index (χ0n) is 8.74. The Balaban J connectivity index is 3.62. The van der Waals surface area contributed by atoms with Crippen LogP contribution in [0.25, 0.3) is 0 Å². The largest absolute Gasteiger partial charge is 0.522 e. The van der Waals surface area contributed by atoms with Gasteiger partial charge in [0.1, 0.15) is 0 Å². The summed E-state index contributed by atoms with van der Waals surface area (Å²) in [5.74, 6) is 0. The van der Waals surface area contributed by atoms with Gasteiger partial charge in [-0.2, -0.15) is 8.42 Å². The molecule has 0 aromatic heterocycles. The summed E-state index contributed by atoms with van der Waals surface area (Å²) in [7, 11) is -16.2. The maximum absolute atomic E-state index is 11.3. The minimum Gasteiger partial charge on any atom is -0.390 e. The van der Waals surface area contributed by atoms with Crippen molar-refractivity contribution >= 4 is 27.7 Å². The lowest BCUT2D eigenvalue weighted by atomic mass is 10.2. The number of allylic oxidation sites excluding steroid dienone is 3. The van der Waals surface area contributed by atoms with Crippen molar-refractivity contribution in [1.82, 2.24) is 0 Å². The first-order valence-electron chi connectivity index (χ1n) is 4.51. The summed E-state index contributed by atoms with van der Waals surface area (Å²) in [6.45, 7) is 0. The van der Waals surface area contributed by atoms with Gasteiger partial charge >= 0.3 is 17.6 Å². The van der Waals surface area contributed by atoms with Crippen molar-refractivity contribution in [3.8, 4) is 0 Å². The normalized spacial score (nSPS) is 29.6. The summed E-state index contributed by atoms with van der Waals surface area (Å²) in [6.07, 6.45) is 3.31. The second-order valence-electron chi connectivity index (χ2n) is 3.81. The standard InChI is InChI=1S/C6H12O9SSi2/c7-16(8,9)6(18(13,14)15)4-2-1-3-5(6)17(10,11)12/h1-5,10-15H,(H,7,8,9). The van der Waals surface area contributed by atoms with E-state index in [9.17, 15) is 37.2 Å². The van der Waals surface area contributed by atoms with Crippen LogP contribution in [-0.4, -0.2) is 63.7 Å². The van der Waals surface area contributed by atoms with E-state index in [1.807, 2.05) is 0 Å². The van der Waals surface area contributed by atoms with Gasteiger partial charge in [0, 0.05) is 0 Å². The van der Waals surface area contributed by atoms with Gasteiger partial charge in [-0.25, -0.2) is 0 Å². The lowest BCUT2D eigenvalue weighted by Crippen LogP contribution is -2.69. The van der Waals surface area contributed by atoms with Crippen LogP contribution in [0, 0.1) is 0 Å². The third kappa shape index (κ3) is 2.35. The molecule has 0 amide bonds. The van der Waals surface area contributed by atoms with Gasteiger partial charge in [-0.1, -0.05) is 24.3 Å². The van der Waals surface area contributed by atoms with E-state index in [-0.39, 0.29) is 0 Å². The Labute approximate surface area is 104 Å². The minimum absolute atomic E-state index is 0.504. The summed E-state index contributed by atoms with van der Waals surface area (Å²) in [4.78, 5) is 55.4. The van der Waals surface area contributed by atoms with Crippen LogP contribution in [0.3, 0.4) is 0 Å². The number of hydrogen-bond donors (Lipinski definition) is 7. The molecule has 0 saturated heterocycles. The molecule has 1 aliphatic carbocycles. The highest BCUT2D eigenvalue weighted by molar-refractivity contribution is 7.89. The van der Waals surface area contributed by atoms with E-state index in [2.05, 4.69) is 0 Å². The molecule has 0 fully saturated rings. The zero-order valence-corrected chi connectivity index (χ0v) is 11.6. The van der Waals surface area contributed by atoms with Crippen LogP contribution in [0.2, 0.25) is 5.54 Å². The highest BCUT2D eigenvalue weighted by Gasteiger charge is 2.71. The monoisotopic (exact) mass is 316 g/mol. The van der Waals surface area contributed by atoms with Crippen LogP contribution in [0.15, 0.2) is 24.3 Å². The molecule has 0 saturated carbocycles. The molecule has 0 spiro atoms. The molecular formula is C6H12O9SSi2. The first-order chi connectivity index (χ1) is 7.84.